The zero-order chi connectivity index (χ0) is 38.7. The first-order chi connectivity index (χ1) is 26.0. The summed E-state index contributed by atoms with van der Waals surface area (Å²) in [7, 11) is 1.70. The number of amides is 2. The van der Waals surface area contributed by atoms with Crippen molar-refractivity contribution in [2.45, 2.75) is 112 Å². The Labute approximate surface area is 320 Å². The molecule has 0 spiro atoms. The molecule has 5 aromatic rings. The topological polar surface area (TPSA) is 116 Å². The summed E-state index contributed by atoms with van der Waals surface area (Å²) in [5.74, 6) is 3.20. The van der Waals surface area contributed by atoms with Crippen LogP contribution in [-0.2, 0) is 20.9 Å². The minimum Gasteiger partial charge on any atom is -0.488 e. The van der Waals surface area contributed by atoms with Crippen molar-refractivity contribution in [3.05, 3.63) is 65.9 Å². The maximum atomic E-state index is 13.6. The fourth-order valence-electron chi connectivity index (χ4n) is 7.74. The van der Waals surface area contributed by atoms with Crippen LogP contribution in [0.15, 0.2) is 48.7 Å². The maximum absolute atomic E-state index is 13.6. The Morgan fingerprint density at radius 1 is 0.889 bits per heavy atom. The molecule has 2 aromatic heterocycles. The van der Waals surface area contributed by atoms with Crippen molar-refractivity contribution in [3.63, 3.8) is 0 Å². The fourth-order valence-corrected chi connectivity index (χ4v) is 7.74. The SMILES string of the molecule is CCCC(=O)N([C@@H](C)CC)[C@@H](C)c1ncc(-c2ccc3c(c2)COc2cc4c(ccc5[nH]c([C@H](C)N(C[C@H](C)COC)C(=O)C[C@@H](C)CC)nc54)cc2-3)[nH]1. The van der Waals surface area contributed by atoms with Gasteiger partial charge in [-0.3, -0.25) is 9.59 Å². The van der Waals surface area contributed by atoms with Crippen LogP contribution in [0.1, 0.15) is 117 Å². The maximum Gasteiger partial charge on any atom is 0.223 e. The van der Waals surface area contributed by atoms with Crippen LogP contribution < -0.4 is 4.74 Å². The smallest absolute Gasteiger partial charge is 0.223 e. The predicted molar refractivity (Wildman–Crippen MR) is 216 cm³/mol. The summed E-state index contributed by atoms with van der Waals surface area (Å²) in [6, 6.07) is 14.7. The highest BCUT2D eigenvalue weighted by atomic mass is 16.5. The molecule has 288 valence electrons. The van der Waals surface area contributed by atoms with Crippen LogP contribution in [0.4, 0.5) is 0 Å². The number of fused-ring (bicyclic) bond motifs is 6. The highest BCUT2D eigenvalue weighted by Crippen LogP contribution is 2.43. The van der Waals surface area contributed by atoms with Gasteiger partial charge in [0.15, 0.2) is 0 Å². The minimum absolute atomic E-state index is 0.125. The summed E-state index contributed by atoms with van der Waals surface area (Å²) in [6.45, 7) is 18.4. The molecule has 0 saturated heterocycles. The zero-order valence-corrected chi connectivity index (χ0v) is 33.6. The molecule has 0 fully saturated rings. The van der Waals surface area contributed by atoms with Gasteiger partial charge in [-0.15, -0.1) is 0 Å². The van der Waals surface area contributed by atoms with Gasteiger partial charge in [0, 0.05) is 43.5 Å². The number of ether oxygens (including phenoxy) is 2. The largest absolute Gasteiger partial charge is 0.488 e. The Bertz CT molecular complexity index is 2100. The molecule has 2 amide bonds. The van der Waals surface area contributed by atoms with Gasteiger partial charge in [0.1, 0.15) is 24.0 Å². The van der Waals surface area contributed by atoms with Crippen molar-refractivity contribution in [3.8, 4) is 28.1 Å². The summed E-state index contributed by atoms with van der Waals surface area (Å²) in [5, 5.41) is 2.08. The number of imidazole rings is 2. The lowest BCUT2D eigenvalue weighted by molar-refractivity contribution is -0.136. The molecule has 1 aliphatic heterocycles. The predicted octanol–water partition coefficient (Wildman–Crippen LogP) is 9.76. The quantitative estimate of drug-likeness (QED) is 0.104. The first kappa shape index (κ1) is 39.0. The number of H-pyrrole nitrogens is 2. The number of benzene rings is 3. The van der Waals surface area contributed by atoms with Crippen molar-refractivity contribution in [2.24, 2.45) is 11.8 Å². The molecule has 6 rings (SSSR count). The van der Waals surface area contributed by atoms with E-state index in [1.165, 1.54) is 0 Å². The first-order valence-corrected chi connectivity index (χ1v) is 19.8. The van der Waals surface area contributed by atoms with Crippen LogP contribution in [0.2, 0.25) is 0 Å². The number of hydrogen-bond acceptors (Lipinski definition) is 6. The van der Waals surface area contributed by atoms with E-state index < -0.39 is 0 Å². The van der Waals surface area contributed by atoms with Crippen LogP contribution >= 0.6 is 0 Å². The second-order valence-electron chi connectivity index (χ2n) is 15.5. The highest BCUT2D eigenvalue weighted by Gasteiger charge is 2.29. The number of hydrogen-bond donors (Lipinski definition) is 2. The van der Waals surface area contributed by atoms with E-state index in [-0.39, 0.29) is 35.9 Å². The monoisotopic (exact) mass is 734 g/mol. The minimum atomic E-state index is -0.227. The van der Waals surface area contributed by atoms with Crippen LogP contribution in [0.5, 0.6) is 5.75 Å². The van der Waals surface area contributed by atoms with Gasteiger partial charge < -0.3 is 29.2 Å². The van der Waals surface area contributed by atoms with Gasteiger partial charge in [-0.2, -0.15) is 0 Å². The summed E-state index contributed by atoms with van der Waals surface area (Å²) in [6.07, 6.45) is 5.57. The van der Waals surface area contributed by atoms with E-state index in [9.17, 15) is 9.59 Å². The lowest BCUT2D eigenvalue weighted by Crippen LogP contribution is -2.40. The third-order valence-electron chi connectivity index (χ3n) is 11.3. The van der Waals surface area contributed by atoms with Crippen molar-refractivity contribution >= 4 is 33.6 Å². The standard InChI is InChI=1S/C44H58N6O4/c1-10-13-40(51)50(28(6)12-3)30(8)43-45-22-38(47-43)32-14-16-34-33(19-32)25-54-39-21-35-31(20-36(34)39)15-17-37-42(35)48-44(46-37)29(7)49(23-27(5)24-53-9)41(52)18-26(4)11-2/h14-17,19-22,26-30H,10-13,18,23-25H2,1-9H3,(H,45,47)(H,46,48)/t26-,27-,28-,29-,30-/m0/s1. The van der Waals surface area contributed by atoms with E-state index >= 15 is 0 Å². The van der Waals surface area contributed by atoms with E-state index in [1.54, 1.807) is 7.11 Å². The molecule has 2 N–H and O–H groups in total. The molecule has 0 radical (unpaired) electrons. The molecule has 3 heterocycles. The third kappa shape index (κ3) is 7.90. The Morgan fingerprint density at radius 2 is 1.69 bits per heavy atom. The van der Waals surface area contributed by atoms with E-state index in [1.807, 2.05) is 22.9 Å². The lowest BCUT2D eigenvalue weighted by atomic mass is 9.92. The number of nitrogens with zero attached hydrogens (tertiary/aromatic N) is 4. The molecule has 54 heavy (non-hydrogen) atoms. The van der Waals surface area contributed by atoms with Crippen LogP contribution in [0.25, 0.3) is 44.2 Å². The summed E-state index contributed by atoms with van der Waals surface area (Å²) in [4.78, 5) is 47.5. The van der Waals surface area contributed by atoms with Gasteiger partial charge >= 0.3 is 0 Å². The zero-order valence-electron chi connectivity index (χ0n) is 33.6. The molecule has 0 unspecified atom stereocenters. The molecule has 3 aromatic carbocycles. The summed E-state index contributed by atoms with van der Waals surface area (Å²) >= 11 is 0. The van der Waals surface area contributed by atoms with Gasteiger partial charge in [-0.1, -0.05) is 59.2 Å². The van der Waals surface area contributed by atoms with Crippen molar-refractivity contribution in [1.29, 1.82) is 0 Å². The number of aromatic nitrogens is 4. The van der Waals surface area contributed by atoms with E-state index in [2.05, 4.69) is 101 Å². The van der Waals surface area contributed by atoms with Crippen molar-refractivity contribution < 1.29 is 19.1 Å². The molecule has 1 aliphatic rings. The summed E-state index contributed by atoms with van der Waals surface area (Å²) < 4.78 is 11.8. The number of carbonyl (C=O) groups excluding carboxylic acids is 2. The van der Waals surface area contributed by atoms with Crippen LogP contribution in [0, 0.1) is 11.8 Å². The Kier molecular flexibility index (Phi) is 12.1. The Hall–Kier alpha value is -4.70. The van der Waals surface area contributed by atoms with Crippen LogP contribution in [-0.4, -0.2) is 67.9 Å². The molecule has 0 aliphatic carbocycles. The average molecular weight is 735 g/mol. The first-order valence-electron chi connectivity index (χ1n) is 19.8. The van der Waals surface area contributed by atoms with Gasteiger partial charge in [0.05, 0.1) is 41.6 Å². The molecule has 10 nitrogen and oxygen atoms in total. The number of methoxy groups -OCH3 is 1. The van der Waals surface area contributed by atoms with E-state index in [4.69, 9.17) is 19.4 Å². The molecule has 0 bridgehead atoms. The third-order valence-corrected chi connectivity index (χ3v) is 11.3. The molecule has 5 atom stereocenters. The number of carbonyl (C=O) groups is 2. The summed E-state index contributed by atoms with van der Waals surface area (Å²) in [5.41, 5.74) is 7.02. The van der Waals surface area contributed by atoms with Gasteiger partial charge in [0.25, 0.3) is 0 Å². The molecular weight excluding hydrogens is 677 g/mol. The number of rotatable bonds is 16. The van der Waals surface area contributed by atoms with Crippen molar-refractivity contribution in [1.82, 2.24) is 29.7 Å². The number of nitrogens with one attached hydrogen (secondary N) is 2. The Morgan fingerprint density at radius 3 is 2.41 bits per heavy atom. The fraction of sp³-hybridized carbons (Fsp3) is 0.500. The van der Waals surface area contributed by atoms with Gasteiger partial charge in [0.2, 0.25) is 11.8 Å². The second kappa shape index (κ2) is 16.8. The normalized spacial score (nSPS) is 15.2. The molecule has 0 saturated carbocycles. The molecular formula is C44H58N6O4. The average Bonchev–Trinajstić information content (AvgIpc) is 3.84. The van der Waals surface area contributed by atoms with Gasteiger partial charge in [-0.05, 0) is 91.8 Å². The number of aromatic amines is 2. The Balaban J connectivity index is 1.28. The molecule has 10 heteroatoms. The van der Waals surface area contributed by atoms with E-state index in [0.29, 0.717) is 38.5 Å². The van der Waals surface area contributed by atoms with Gasteiger partial charge in [-0.25, -0.2) is 9.97 Å². The van der Waals surface area contributed by atoms with Crippen molar-refractivity contribution in [2.75, 3.05) is 20.3 Å². The van der Waals surface area contributed by atoms with E-state index in [0.717, 1.165) is 86.4 Å². The lowest BCUT2D eigenvalue weighted by Gasteiger charge is -2.33. The second-order valence-corrected chi connectivity index (χ2v) is 15.5. The highest BCUT2D eigenvalue weighted by molar-refractivity contribution is 6.07. The van der Waals surface area contributed by atoms with Crippen LogP contribution in [0.3, 0.4) is 0 Å².